The summed E-state index contributed by atoms with van der Waals surface area (Å²) in [5.74, 6) is 2.54. The highest BCUT2D eigenvalue weighted by Crippen LogP contribution is 2.32. The number of carbonyl (C=O) groups is 2. The fourth-order valence-corrected chi connectivity index (χ4v) is 4.53. The van der Waals surface area contributed by atoms with Crippen molar-refractivity contribution in [2.24, 2.45) is 0 Å². The van der Waals surface area contributed by atoms with Crippen molar-refractivity contribution in [1.82, 2.24) is 29.7 Å². The number of nitrogens with zero attached hydrogens (tertiary/aromatic N) is 6. The van der Waals surface area contributed by atoms with Crippen LogP contribution in [-0.2, 0) is 16.0 Å². The van der Waals surface area contributed by atoms with Gasteiger partial charge in [0.15, 0.2) is 11.5 Å². The number of hydrogen-bond donors (Lipinski definition) is 1. The molecular formula is C25H29N7O5. The van der Waals surface area contributed by atoms with Crippen LogP contribution in [0.4, 0.5) is 10.6 Å². The van der Waals surface area contributed by atoms with Crippen LogP contribution in [0.5, 0.6) is 11.5 Å². The maximum absolute atomic E-state index is 13.0. The summed E-state index contributed by atoms with van der Waals surface area (Å²) in [6.45, 7) is 3.90. The molecule has 1 saturated heterocycles. The lowest BCUT2D eigenvalue weighted by molar-refractivity contribution is -0.121. The molecule has 1 N–H and O–H groups in total. The number of carbonyl (C=O) groups excluding carboxylic acids is 2. The van der Waals surface area contributed by atoms with Gasteiger partial charge in [0, 0.05) is 56.8 Å². The molecule has 1 unspecified atom stereocenters. The van der Waals surface area contributed by atoms with Gasteiger partial charge in [0.1, 0.15) is 12.1 Å². The van der Waals surface area contributed by atoms with E-state index in [1.54, 1.807) is 28.2 Å². The van der Waals surface area contributed by atoms with Gasteiger partial charge < -0.3 is 29.3 Å². The van der Waals surface area contributed by atoms with E-state index in [1.165, 1.54) is 7.11 Å². The monoisotopic (exact) mass is 507 g/mol. The zero-order chi connectivity index (χ0) is 25.8. The van der Waals surface area contributed by atoms with Crippen molar-refractivity contribution in [2.45, 2.75) is 25.8 Å². The third-order valence-electron chi connectivity index (χ3n) is 6.37. The van der Waals surface area contributed by atoms with Gasteiger partial charge in [0.2, 0.25) is 18.6 Å². The Bertz CT molecular complexity index is 1270. The molecule has 0 bridgehead atoms. The van der Waals surface area contributed by atoms with Gasteiger partial charge in [0.05, 0.1) is 13.2 Å². The summed E-state index contributed by atoms with van der Waals surface area (Å²) in [6.07, 6.45) is 5.52. The lowest BCUT2D eigenvalue weighted by Gasteiger charge is -2.41. The molecule has 12 heteroatoms. The van der Waals surface area contributed by atoms with Gasteiger partial charge in [-0.1, -0.05) is 6.07 Å². The first kappa shape index (κ1) is 24.3. The molecule has 1 atom stereocenters. The van der Waals surface area contributed by atoms with Gasteiger partial charge >= 0.3 is 6.09 Å². The van der Waals surface area contributed by atoms with Crippen LogP contribution in [0.2, 0.25) is 0 Å². The van der Waals surface area contributed by atoms with Crippen molar-refractivity contribution in [3.63, 3.8) is 0 Å². The third kappa shape index (κ3) is 5.57. The van der Waals surface area contributed by atoms with Crippen molar-refractivity contribution >= 4 is 17.8 Å². The van der Waals surface area contributed by atoms with Crippen molar-refractivity contribution in [1.29, 1.82) is 0 Å². The molecular weight excluding hydrogens is 478 g/mol. The lowest BCUT2D eigenvalue weighted by atomic mass is 10.1. The number of amides is 2. The number of nitrogens with one attached hydrogen (secondary N) is 1. The van der Waals surface area contributed by atoms with Crippen LogP contribution in [-0.4, -0.2) is 82.5 Å². The third-order valence-corrected chi connectivity index (χ3v) is 6.37. The van der Waals surface area contributed by atoms with Crippen LogP contribution < -0.4 is 19.7 Å². The summed E-state index contributed by atoms with van der Waals surface area (Å²) in [4.78, 5) is 42.2. The lowest BCUT2D eigenvalue weighted by Crippen LogP contribution is -2.56. The molecule has 194 valence electrons. The SMILES string of the molecule is COC(=O)N1CCN(c2cc(C)nc(-n3ccnc3)n2)C(CC(=O)NCCc2ccc3c(c2)OCO3)C1. The highest BCUT2D eigenvalue weighted by atomic mass is 16.7. The number of hydrogen-bond acceptors (Lipinski definition) is 9. The second kappa shape index (κ2) is 10.7. The minimum Gasteiger partial charge on any atom is -0.454 e. The smallest absolute Gasteiger partial charge is 0.409 e. The molecule has 1 fully saturated rings. The number of anilines is 1. The van der Waals surface area contributed by atoms with Gasteiger partial charge in [-0.15, -0.1) is 0 Å². The number of fused-ring (bicyclic) bond motifs is 1. The first-order chi connectivity index (χ1) is 18.0. The number of benzene rings is 1. The van der Waals surface area contributed by atoms with Gasteiger partial charge in [-0.25, -0.2) is 14.8 Å². The van der Waals surface area contributed by atoms with Crippen LogP contribution in [0.3, 0.4) is 0 Å². The summed E-state index contributed by atoms with van der Waals surface area (Å²) in [5, 5.41) is 3.00. The second-order valence-corrected chi connectivity index (χ2v) is 8.89. The molecule has 0 spiro atoms. The number of imidazole rings is 1. The summed E-state index contributed by atoms with van der Waals surface area (Å²) >= 11 is 0. The first-order valence-electron chi connectivity index (χ1n) is 12.1. The van der Waals surface area contributed by atoms with Crippen molar-refractivity contribution in [2.75, 3.05) is 45.0 Å². The van der Waals surface area contributed by atoms with Crippen LogP contribution in [0.1, 0.15) is 17.7 Å². The van der Waals surface area contributed by atoms with E-state index in [-0.39, 0.29) is 25.2 Å². The zero-order valence-corrected chi connectivity index (χ0v) is 20.8. The minimum absolute atomic E-state index is 0.108. The standard InChI is InChI=1S/C25H29N7O5/c1-17-11-22(29-24(28-17)31-8-7-26-15-31)32-10-9-30(25(34)35-2)14-19(32)13-23(33)27-6-5-18-3-4-20-21(12-18)37-16-36-20/h3-4,7-8,11-12,15,19H,5-6,9-10,13-14,16H2,1-2H3,(H,27,33). The van der Waals surface area contributed by atoms with Crippen LogP contribution in [0.15, 0.2) is 43.0 Å². The van der Waals surface area contributed by atoms with Crippen LogP contribution >= 0.6 is 0 Å². The number of aryl methyl sites for hydroxylation is 1. The summed E-state index contributed by atoms with van der Waals surface area (Å²) in [6, 6.07) is 7.37. The van der Waals surface area contributed by atoms with E-state index in [2.05, 4.69) is 20.2 Å². The van der Waals surface area contributed by atoms with Gasteiger partial charge in [0.25, 0.3) is 0 Å². The molecule has 0 saturated carbocycles. The predicted molar refractivity (Wildman–Crippen MR) is 133 cm³/mol. The first-order valence-corrected chi connectivity index (χ1v) is 12.1. The topological polar surface area (TPSA) is 124 Å². The molecule has 2 amide bonds. The van der Waals surface area contributed by atoms with Crippen LogP contribution in [0, 0.1) is 6.92 Å². The average Bonchev–Trinajstić information content (AvgIpc) is 3.60. The molecule has 2 aliphatic heterocycles. The zero-order valence-electron chi connectivity index (χ0n) is 20.8. The second-order valence-electron chi connectivity index (χ2n) is 8.89. The molecule has 12 nitrogen and oxygen atoms in total. The van der Waals surface area contributed by atoms with E-state index in [1.807, 2.05) is 31.2 Å². The van der Waals surface area contributed by atoms with Gasteiger partial charge in [-0.3, -0.25) is 9.36 Å². The molecule has 1 aromatic carbocycles. The Morgan fingerprint density at radius 2 is 2.03 bits per heavy atom. The summed E-state index contributed by atoms with van der Waals surface area (Å²) in [7, 11) is 1.36. The Balaban J connectivity index is 1.27. The quantitative estimate of drug-likeness (QED) is 0.509. The summed E-state index contributed by atoms with van der Waals surface area (Å²) < 4.78 is 17.4. The number of methoxy groups -OCH3 is 1. The molecule has 4 heterocycles. The fourth-order valence-electron chi connectivity index (χ4n) is 4.53. The predicted octanol–water partition coefficient (Wildman–Crippen LogP) is 1.71. The van der Waals surface area contributed by atoms with Crippen molar-refractivity contribution < 1.29 is 23.8 Å². The maximum atomic E-state index is 13.0. The molecule has 5 rings (SSSR count). The Kier molecular flexibility index (Phi) is 7.06. The maximum Gasteiger partial charge on any atom is 0.409 e. The largest absolute Gasteiger partial charge is 0.454 e. The van der Waals surface area contributed by atoms with E-state index in [0.717, 1.165) is 22.8 Å². The molecule has 0 aliphatic carbocycles. The molecule has 3 aromatic rings. The van der Waals surface area contributed by atoms with Gasteiger partial charge in [-0.05, 0) is 31.0 Å². The summed E-state index contributed by atoms with van der Waals surface area (Å²) in [5.41, 5.74) is 1.83. The van der Waals surface area contributed by atoms with Crippen molar-refractivity contribution in [3.8, 4) is 17.4 Å². The van der Waals surface area contributed by atoms with Crippen molar-refractivity contribution in [3.05, 3.63) is 54.2 Å². The highest BCUT2D eigenvalue weighted by Gasteiger charge is 2.32. The minimum atomic E-state index is -0.411. The Morgan fingerprint density at radius 1 is 1.16 bits per heavy atom. The number of ether oxygens (including phenoxy) is 3. The van der Waals surface area contributed by atoms with E-state index >= 15 is 0 Å². The number of aromatic nitrogens is 4. The molecule has 0 radical (unpaired) electrons. The molecule has 37 heavy (non-hydrogen) atoms. The Morgan fingerprint density at radius 3 is 2.84 bits per heavy atom. The average molecular weight is 508 g/mol. The normalized spacial score (nSPS) is 16.5. The Hall–Kier alpha value is -4.35. The number of rotatable bonds is 7. The molecule has 2 aromatic heterocycles. The fraction of sp³-hybridized carbons (Fsp3) is 0.400. The van der Waals surface area contributed by atoms with Gasteiger partial charge in [-0.2, -0.15) is 4.98 Å². The van der Waals surface area contributed by atoms with E-state index in [9.17, 15) is 9.59 Å². The van der Waals surface area contributed by atoms with E-state index < -0.39 is 6.09 Å². The number of piperazine rings is 1. The molecule has 2 aliphatic rings. The van der Waals surface area contributed by atoms with E-state index in [0.29, 0.717) is 44.4 Å². The highest BCUT2D eigenvalue weighted by molar-refractivity contribution is 5.77. The van der Waals surface area contributed by atoms with E-state index in [4.69, 9.17) is 19.2 Å². The Labute approximate surface area is 214 Å². The van der Waals surface area contributed by atoms with Crippen LogP contribution in [0.25, 0.3) is 5.95 Å².